The highest BCUT2D eigenvalue weighted by atomic mass is 35.5. The van der Waals surface area contributed by atoms with Gasteiger partial charge in [0.2, 0.25) is 0 Å². The second-order valence-electron chi connectivity index (χ2n) is 11.9. The van der Waals surface area contributed by atoms with Crippen LogP contribution in [0, 0.1) is 22.6 Å². The number of nitrogens with zero attached hydrogens (tertiary/aromatic N) is 2. The SMILES string of the molecule is CCNC(=O)C(=N)N(C(=N)c1cc(C(C)C)c(O)cc1O)c1ccc(CN(CC)CCC(C)C(=O)OCCc2cccc(Cl)c2)c(F)c1. The van der Waals surface area contributed by atoms with E-state index in [1.165, 1.54) is 18.2 Å². The van der Waals surface area contributed by atoms with Crippen LogP contribution in [0.2, 0.25) is 5.02 Å². The minimum atomic E-state index is -0.789. The quantitative estimate of drug-likeness (QED) is 0.0732. The number of amides is 1. The number of carbonyl (C=O) groups is 2. The number of aromatic hydroxyl groups is 2. The summed E-state index contributed by atoms with van der Waals surface area (Å²) in [6.45, 7) is 10.9. The third-order valence-electron chi connectivity index (χ3n) is 7.96. The highest BCUT2D eigenvalue weighted by Gasteiger charge is 2.28. The van der Waals surface area contributed by atoms with E-state index in [0.29, 0.717) is 42.1 Å². The third-order valence-corrected chi connectivity index (χ3v) is 8.20. The van der Waals surface area contributed by atoms with Gasteiger partial charge in [-0.2, -0.15) is 0 Å². The van der Waals surface area contributed by atoms with Gasteiger partial charge in [-0.15, -0.1) is 0 Å². The summed E-state index contributed by atoms with van der Waals surface area (Å²) in [6, 6.07) is 14.1. The summed E-state index contributed by atoms with van der Waals surface area (Å²) in [5, 5.41) is 41.6. The van der Waals surface area contributed by atoms with E-state index in [0.717, 1.165) is 22.6 Å². The van der Waals surface area contributed by atoms with Crippen LogP contribution in [0.25, 0.3) is 0 Å². The van der Waals surface area contributed by atoms with Gasteiger partial charge in [-0.25, -0.2) is 4.39 Å². The summed E-state index contributed by atoms with van der Waals surface area (Å²) in [4.78, 5) is 28.3. The molecule has 1 amide bonds. The normalized spacial score (nSPS) is 11.8. The molecule has 0 radical (unpaired) electrons. The zero-order chi connectivity index (χ0) is 35.5. The molecule has 3 aromatic rings. The first-order valence-corrected chi connectivity index (χ1v) is 16.4. The fraction of sp³-hybridized carbons (Fsp3) is 0.389. The molecular formula is C36H45ClFN5O5. The van der Waals surface area contributed by atoms with Gasteiger partial charge in [0.05, 0.1) is 23.8 Å². The number of ether oxygens (including phenoxy) is 1. The molecule has 12 heteroatoms. The van der Waals surface area contributed by atoms with Crippen LogP contribution in [0.4, 0.5) is 10.1 Å². The van der Waals surface area contributed by atoms with Crippen LogP contribution in [0.15, 0.2) is 54.6 Å². The van der Waals surface area contributed by atoms with Crippen LogP contribution in [-0.2, 0) is 27.3 Å². The number of halogens is 2. The lowest BCUT2D eigenvalue weighted by Crippen LogP contribution is -2.46. The predicted octanol–water partition coefficient (Wildman–Crippen LogP) is 6.59. The molecule has 0 aliphatic carbocycles. The average Bonchev–Trinajstić information content (AvgIpc) is 3.03. The number of nitrogens with one attached hydrogen (secondary N) is 3. The summed E-state index contributed by atoms with van der Waals surface area (Å²) in [6.07, 6.45) is 1.07. The summed E-state index contributed by atoms with van der Waals surface area (Å²) in [5.74, 6) is -3.88. The molecule has 0 saturated carbocycles. The van der Waals surface area contributed by atoms with E-state index in [4.69, 9.17) is 27.2 Å². The first-order valence-electron chi connectivity index (χ1n) is 16.0. The molecule has 0 fully saturated rings. The molecule has 3 rings (SSSR count). The lowest BCUT2D eigenvalue weighted by molar-refractivity contribution is -0.148. The monoisotopic (exact) mass is 681 g/mol. The molecule has 1 unspecified atom stereocenters. The maximum atomic E-state index is 15.7. The van der Waals surface area contributed by atoms with Crippen molar-refractivity contribution in [2.45, 2.75) is 59.9 Å². The van der Waals surface area contributed by atoms with E-state index in [1.807, 2.05) is 43.9 Å². The molecule has 5 N–H and O–H groups in total. The summed E-state index contributed by atoms with van der Waals surface area (Å²) >= 11 is 6.02. The Balaban J connectivity index is 1.74. The number of likely N-dealkylation sites (N-methyl/N-ethyl adjacent to an activating group) is 1. The van der Waals surface area contributed by atoms with E-state index in [9.17, 15) is 19.8 Å². The molecule has 3 aromatic carbocycles. The Morgan fingerprint density at radius 2 is 1.75 bits per heavy atom. The molecule has 258 valence electrons. The number of hydrogen-bond acceptors (Lipinski definition) is 8. The van der Waals surface area contributed by atoms with Gasteiger partial charge in [-0.05, 0) is 73.8 Å². The van der Waals surface area contributed by atoms with E-state index in [2.05, 4.69) is 5.32 Å². The van der Waals surface area contributed by atoms with Gasteiger partial charge in [0.25, 0.3) is 5.91 Å². The number of amidine groups is 2. The number of phenols is 2. The first kappa shape index (κ1) is 38.0. The smallest absolute Gasteiger partial charge is 0.308 e. The highest BCUT2D eigenvalue weighted by Crippen LogP contribution is 2.34. The second-order valence-corrected chi connectivity index (χ2v) is 12.3. The average molecular weight is 682 g/mol. The van der Waals surface area contributed by atoms with Crippen LogP contribution in [-0.4, -0.2) is 64.9 Å². The van der Waals surface area contributed by atoms with Crippen molar-refractivity contribution in [3.8, 4) is 11.5 Å². The van der Waals surface area contributed by atoms with E-state index in [1.54, 1.807) is 19.9 Å². The van der Waals surface area contributed by atoms with Crippen LogP contribution in [0.1, 0.15) is 69.2 Å². The molecule has 0 bridgehead atoms. The Bertz CT molecular complexity index is 1630. The Morgan fingerprint density at radius 3 is 2.38 bits per heavy atom. The highest BCUT2D eigenvalue weighted by molar-refractivity contribution is 6.48. The van der Waals surface area contributed by atoms with Gasteiger partial charge in [-0.3, -0.25) is 30.2 Å². The van der Waals surface area contributed by atoms with Crippen molar-refractivity contribution in [1.29, 1.82) is 10.8 Å². The maximum Gasteiger partial charge on any atom is 0.308 e. The van der Waals surface area contributed by atoms with Gasteiger partial charge < -0.3 is 20.3 Å². The van der Waals surface area contributed by atoms with Crippen molar-refractivity contribution in [3.05, 3.63) is 87.7 Å². The number of esters is 1. The van der Waals surface area contributed by atoms with Gasteiger partial charge in [0.1, 0.15) is 23.2 Å². The standard InChI is InChI=1S/C36H45ClFN5O5/c1-6-41-35(46)34(40)43(33(39)29-19-28(22(3)4)31(44)20-32(29)45)27-12-11-25(30(38)18-27)21-42(7-2)15-13-23(5)36(47)48-16-14-24-9-8-10-26(37)17-24/h8-12,17-20,22-23,39-40,44-45H,6-7,13-16,21H2,1-5H3,(H,41,46). The Kier molecular flexibility index (Phi) is 13.9. The molecule has 0 spiro atoms. The fourth-order valence-corrected chi connectivity index (χ4v) is 5.29. The molecule has 0 aliphatic heterocycles. The number of phenolic OH excluding ortho intramolecular Hbond substituents is 2. The van der Waals surface area contributed by atoms with E-state index in [-0.39, 0.29) is 54.5 Å². The van der Waals surface area contributed by atoms with Gasteiger partial charge in [0.15, 0.2) is 5.84 Å². The Labute approximate surface area is 286 Å². The van der Waals surface area contributed by atoms with Crippen molar-refractivity contribution >= 4 is 40.8 Å². The van der Waals surface area contributed by atoms with Crippen LogP contribution in [0.3, 0.4) is 0 Å². The molecule has 48 heavy (non-hydrogen) atoms. The van der Waals surface area contributed by atoms with Crippen LogP contribution < -0.4 is 10.2 Å². The van der Waals surface area contributed by atoms with Crippen molar-refractivity contribution < 1.29 is 28.9 Å². The number of rotatable bonds is 14. The molecule has 1 atom stereocenters. The third kappa shape index (κ3) is 10.0. The number of hydrogen-bond donors (Lipinski definition) is 5. The van der Waals surface area contributed by atoms with Crippen molar-refractivity contribution in [3.63, 3.8) is 0 Å². The largest absolute Gasteiger partial charge is 0.508 e. The van der Waals surface area contributed by atoms with E-state index < -0.39 is 29.1 Å². The minimum absolute atomic E-state index is 0.0354. The van der Waals surface area contributed by atoms with E-state index >= 15 is 4.39 Å². The Hall–Kier alpha value is -4.48. The van der Waals surface area contributed by atoms with Crippen molar-refractivity contribution in [1.82, 2.24) is 10.2 Å². The lowest BCUT2D eigenvalue weighted by Gasteiger charge is -2.27. The summed E-state index contributed by atoms with van der Waals surface area (Å²) < 4.78 is 21.1. The molecule has 0 heterocycles. The van der Waals surface area contributed by atoms with Gasteiger partial charge in [0, 0.05) is 36.2 Å². The molecule has 10 nitrogen and oxygen atoms in total. The number of carbonyl (C=O) groups excluding carboxylic acids is 2. The fourth-order valence-electron chi connectivity index (χ4n) is 5.07. The molecule has 0 aromatic heterocycles. The van der Waals surface area contributed by atoms with Crippen LogP contribution >= 0.6 is 11.6 Å². The summed E-state index contributed by atoms with van der Waals surface area (Å²) in [5.41, 5.74) is 1.78. The zero-order valence-corrected chi connectivity index (χ0v) is 28.8. The zero-order valence-electron chi connectivity index (χ0n) is 28.1. The van der Waals surface area contributed by atoms with Gasteiger partial charge in [-0.1, -0.05) is 57.5 Å². The predicted molar refractivity (Wildman–Crippen MR) is 187 cm³/mol. The van der Waals surface area contributed by atoms with Crippen molar-refractivity contribution in [2.24, 2.45) is 5.92 Å². The lowest BCUT2D eigenvalue weighted by atomic mass is 9.98. The molecular weight excluding hydrogens is 637 g/mol. The summed E-state index contributed by atoms with van der Waals surface area (Å²) in [7, 11) is 0. The van der Waals surface area contributed by atoms with Crippen molar-refractivity contribution in [2.75, 3.05) is 31.1 Å². The minimum Gasteiger partial charge on any atom is -0.508 e. The maximum absolute atomic E-state index is 15.7. The van der Waals surface area contributed by atoms with Gasteiger partial charge >= 0.3 is 5.97 Å². The molecule has 0 saturated heterocycles. The number of benzene rings is 3. The number of anilines is 1. The molecule has 0 aliphatic rings. The topological polar surface area (TPSA) is 150 Å². The first-order chi connectivity index (χ1) is 22.8. The Morgan fingerprint density at radius 1 is 1.02 bits per heavy atom. The second kappa shape index (κ2) is 17.6. The van der Waals surface area contributed by atoms with Crippen LogP contribution in [0.5, 0.6) is 11.5 Å².